The van der Waals surface area contributed by atoms with Crippen LogP contribution in [0.25, 0.3) is 0 Å². The first-order valence-corrected chi connectivity index (χ1v) is 7.23. The summed E-state index contributed by atoms with van der Waals surface area (Å²) in [6.07, 6.45) is 1.45. The van der Waals surface area contributed by atoms with Crippen LogP contribution in [0.4, 0.5) is 13.2 Å². The van der Waals surface area contributed by atoms with Crippen molar-refractivity contribution in [3.05, 3.63) is 29.6 Å². The summed E-state index contributed by atoms with van der Waals surface area (Å²) >= 11 is 0. The first-order valence-electron chi connectivity index (χ1n) is 7.23. The highest BCUT2D eigenvalue weighted by molar-refractivity contribution is 5.79. The van der Waals surface area contributed by atoms with Crippen LogP contribution in [-0.4, -0.2) is 31.0 Å². The molecule has 2 amide bonds. The second-order valence-electron chi connectivity index (χ2n) is 5.26. The molecule has 1 aromatic rings. The van der Waals surface area contributed by atoms with E-state index in [0.29, 0.717) is 31.4 Å². The van der Waals surface area contributed by atoms with E-state index in [1.165, 1.54) is 6.07 Å². The molecule has 0 aromatic heterocycles. The summed E-state index contributed by atoms with van der Waals surface area (Å²) in [5.74, 6) is -1.86. The molecule has 126 valence electrons. The minimum Gasteiger partial charge on any atom is -0.432 e. The van der Waals surface area contributed by atoms with Crippen LogP contribution in [0.1, 0.15) is 24.8 Å². The Morgan fingerprint density at radius 1 is 1.39 bits per heavy atom. The normalized spacial score (nSPS) is 18.3. The van der Waals surface area contributed by atoms with Gasteiger partial charge in [0.1, 0.15) is 0 Å². The van der Waals surface area contributed by atoms with E-state index in [1.54, 1.807) is 0 Å². The molecule has 0 radical (unpaired) electrons. The Bertz CT molecular complexity index is 581. The van der Waals surface area contributed by atoms with Crippen LogP contribution in [0.15, 0.2) is 18.2 Å². The fourth-order valence-electron chi connectivity index (χ4n) is 2.38. The van der Waals surface area contributed by atoms with Crippen molar-refractivity contribution in [3.8, 4) is 5.75 Å². The van der Waals surface area contributed by atoms with Crippen LogP contribution < -0.4 is 15.4 Å². The number of ether oxygens (including phenoxy) is 1. The summed E-state index contributed by atoms with van der Waals surface area (Å²) in [6.45, 7) is -2.61. The fourth-order valence-corrected chi connectivity index (χ4v) is 2.38. The van der Waals surface area contributed by atoms with Gasteiger partial charge in [-0.3, -0.25) is 9.59 Å². The number of nitrogens with one attached hydrogen (secondary N) is 2. The predicted octanol–water partition coefficient (Wildman–Crippen LogP) is 1.75. The van der Waals surface area contributed by atoms with Crippen molar-refractivity contribution < 1.29 is 27.5 Å². The van der Waals surface area contributed by atoms with E-state index in [1.807, 2.05) is 0 Å². The van der Waals surface area contributed by atoms with E-state index in [4.69, 9.17) is 0 Å². The molecule has 1 unspecified atom stereocenters. The number of halogens is 3. The average molecular weight is 330 g/mol. The minimum absolute atomic E-state index is 0.0431. The minimum atomic E-state index is -3.11. The van der Waals surface area contributed by atoms with Crippen LogP contribution in [-0.2, 0) is 16.0 Å². The van der Waals surface area contributed by atoms with E-state index < -0.39 is 18.2 Å². The topological polar surface area (TPSA) is 67.4 Å². The van der Waals surface area contributed by atoms with Crippen LogP contribution in [0.5, 0.6) is 5.75 Å². The number of alkyl halides is 2. The largest absolute Gasteiger partial charge is 0.432 e. The Morgan fingerprint density at radius 2 is 2.17 bits per heavy atom. The SMILES string of the molecule is O=C1CCC(NC(=O)Cc2ccc(OC(F)F)c(F)c2)CCN1. The van der Waals surface area contributed by atoms with Crippen LogP contribution in [0.2, 0.25) is 0 Å². The molecule has 0 saturated carbocycles. The van der Waals surface area contributed by atoms with Gasteiger partial charge in [0.05, 0.1) is 6.42 Å². The van der Waals surface area contributed by atoms with Gasteiger partial charge in [-0.15, -0.1) is 0 Å². The number of hydrogen-bond donors (Lipinski definition) is 2. The number of amides is 2. The first kappa shape index (κ1) is 17.1. The van der Waals surface area contributed by atoms with Gasteiger partial charge in [-0.05, 0) is 30.5 Å². The molecular weight excluding hydrogens is 313 g/mol. The van der Waals surface area contributed by atoms with Gasteiger partial charge >= 0.3 is 6.61 Å². The zero-order valence-electron chi connectivity index (χ0n) is 12.3. The van der Waals surface area contributed by atoms with E-state index in [2.05, 4.69) is 15.4 Å². The molecule has 2 rings (SSSR count). The Kier molecular flexibility index (Phi) is 5.84. The predicted molar refractivity (Wildman–Crippen MR) is 75.5 cm³/mol. The summed E-state index contributed by atoms with van der Waals surface area (Å²) in [5.41, 5.74) is 0.351. The third-order valence-electron chi connectivity index (χ3n) is 3.48. The Hall–Kier alpha value is -2.25. The summed E-state index contributed by atoms with van der Waals surface area (Å²) in [4.78, 5) is 23.2. The molecular formula is C15H17F3N2O3. The highest BCUT2D eigenvalue weighted by Gasteiger charge is 2.18. The summed E-state index contributed by atoms with van der Waals surface area (Å²) in [7, 11) is 0. The van der Waals surface area contributed by atoms with Crippen molar-refractivity contribution in [3.63, 3.8) is 0 Å². The van der Waals surface area contributed by atoms with Gasteiger partial charge in [-0.2, -0.15) is 8.78 Å². The van der Waals surface area contributed by atoms with Gasteiger partial charge in [-0.25, -0.2) is 4.39 Å². The van der Waals surface area contributed by atoms with Crippen molar-refractivity contribution in [2.75, 3.05) is 6.54 Å². The third kappa shape index (κ3) is 5.46. The Balaban J connectivity index is 1.89. The lowest BCUT2D eigenvalue weighted by Crippen LogP contribution is -2.36. The van der Waals surface area contributed by atoms with Crippen LogP contribution in [0, 0.1) is 5.82 Å². The molecule has 2 N–H and O–H groups in total. The lowest BCUT2D eigenvalue weighted by molar-refractivity contribution is -0.122. The highest BCUT2D eigenvalue weighted by Crippen LogP contribution is 2.20. The molecule has 23 heavy (non-hydrogen) atoms. The van der Waals surface area contributed by atoms with Gasteiger partial charge in [-0.1, -0.05) is 6.07 Å². The van der Waals surface area contributed by atoms with Gasteiger partial charge < -0.3 is 15.4 Å². The maximum absolute atomic E-state index is 13.6. The zero-order chi connectivity index (χ0) is 16.8. The molecule has 0 aliphatic carbocycles. The second-order valence-corrected chi connectivity index (χ2v) is 5.26. The van der Waals surface area contributed by atoms with Crippen molar-refractivity contribution in [1.29, 1.82) is 0 Å². The summed E-state index contributed by atoms with van der Waals surface area (Å²) < 4.78 is 41.7. The van der Waals surface area contributed by atoms with Crippen LogP contribution >= 0.6 is 0 Å². The van der Waals surface area contributed by atoms with Gasteiger partial charge in [0, 0.05) is 19.0 Å². The quantitative estimate of drug-likeness (QED) is 0.864. The molecule has 1 fully saturated rings. The van der Waals surface area contributed by atoms with E-state index in [-0.39, 0.29) is 24.3 Å². The Morgan fingerprint density at radius 3 is 2.87 bits per heavy atom. The van der Waals surface area contributed by atoms with E-state index in [9.17, 15) is 22.8 Å². The molecule has 8 heteroatoms. The van der Waals surface area contributed by atoms with Gasteiger partial charge in [0.2, 0.25) is 11.8 Å². The van der Waals surface area contributed by atoms with Gasteiger partial charge in [0.25, 0.3) is 0 Å². The van der Waals surface area contributed by atoms with Crippen molar-refractivity contribution in [1.82, 2.24) is 10.6 Å². The maximum Gasteiger partial charge on any atom is 0.387 e. The zero-order valence-corrected chi connectivity index (χ0v) is 12.3. The molecule has 1 saturated heterocycles. The lowest BCUT2D eigenvalue weighted by atomic mass is 10.1. The standard InChI is InChI=1S/C15H17F3N2O3/c16-11-7-9(1-3-12(11)23-15(17)18)8-14(22)20-10-2-4-13(21)19-6-5-10/h1,3,7,10,15H,2,4-6,8H2,(H,19,21)(H,20,22). The lowest BCUT2D eigenvalue weighted by Gasteiger charge is -2.15. The third-order valence-corrected chi connectivity index (χ3v) is 3.48. The first-order chi connectivity index (χ1) is 10.9. The molecule has 5 nitrogen and oxygen atoms in total. The van der Waals surface area contributed by atoms with E-state index in [0.717, 1.165) is 12.1 Å². The van der Waals surface area contributed by atoms with Crippen molar-refractivity contribution in [2.24, 2.45) is 0 Å². The van der Waals surface area contributed by atoms with Gasteiger partial charge in [0.15, 0.2) is 11.6 Å². The average Bonchev–Trinajstić information content (AvgIpc) is 2.66. The van der Waals surface area contributed by atoms with Crippen molar-refractivity contribution in [2.45, 2.75) is 38.3 Å². The molecule has 0 spiro atoms. The smallest absolute Gasteiger partial charge is 0.387 e. The molecule has 1 heterocycles. The highest BCUT2D eigenvalue weighted by atomic mass is 19.3. The molecule has 0 bridgehead atoms. The fraction of sp³-hybridized carbons (Fsp3) is 0.467. The molecule has 1 aromatic carbocycles. The maximum atomic E-state index is 13.6. The number of carbonyl (C=O) groups is 2. The number of carbonyl (C=O) groups excluding carboxylic acids is 2. The van der Waals surface area contributed by atoms with Crippen molar-refractivity contribution >= 4 is 11.8 Å². The number of benzene rings is 1. The molecule has 1 atom stereocenters. The number of rotatable bonds is 5. The van der Waals surface area contributed by atoms with E-state index >= 15 is 0 Å². The monoisotopic (exact) mass is 330 g/mol. The number of hydrogen-bond acceptors (Lipinski definition) is 3. The summed E-state index contributed by atoms with van der Waals surface area (Å²) in [5, 5.41) is 5.50. The summed E-state index contributed by atoms with van der Waals surface area (Å²) in [6, 6.07) is 3.31. The molecule has 1 aliphatic heterocycles. The molecule has 1 aliphatic rings. The Labute approximate surface area is 131 Å². The van der Waals surface area contributed by atoms with Crippen LogP contribution in [0.3, 0.4) is 0 Å². The second kappa shape index (κ2) is 7.85.